The van der Waals surface area contributed by atoms with Gasteiger partial charge in [-0.15, -0.1) is 10.2 Å². The molecule has 2 aromatic heterocycles. The molecule has 1 aliphatic heterocycles. The smallest absolute Gasteiger partial charge is 0.408 e. The first kappa shape index (κ1) is 24.7. The van der Waals surface area contributed by atoms with Gasteiger partial charge in [-0.3, -0.25) is 9.36 Å². The lowest BCUT2D eigenvalue weighted by Gasteiger charge is -2.34. The molecule has 0 unspecified atom stereocenters. The number of aromatic nitrogens is 3. The highest BCUT2D eigenvalue weighted by atomic mass is 16.4. The molecule has 0 spiro atoms. The summed E-state index contributed by atoms with van der Waals surface area (Å²) in [5, 5.41) is 11.8. The first-order valence-corrected chi connectivity index (χ1v) is 12.9. The van der Waals surface area contributed by atoms with Crippen LogP contribution in [0.4, 0.5) is 5.82 Å². The number of piperazine rings is 1. The van der Waals surface area contributed by atoms with E-state index in [1.165, 1.54) is 0 Å². The van der Waals surface area contributed by atoms with Crippen LogP contribution in [0.25, 0.3) is 22.4 Å². The highest BCUT2D eigenvalue weighted by Crippen LogP contribution is 2.22. The number of fused-ring (bicyclic) bond motifs is 1. The Morgan fingerprint density at radius 1 is 1.00 bits per heavy atom. The average Bonchev–Trinajstić information content (AvgIpc) is 3.25. The van der Waals surface area contributed by atoms with Crippen LogP contribution in [0.2, 0.25) is 0 Å². The molecule has 0 saturated carbocycles. The van der Waals surface area contributed by atoms with Crippen LogP contribution in [0.15, 0.2) is 63.8 Å². The van der Waals surface area contributed by atoms with E-state index in [-0.39, 0.29) is 5.91 Å². The van der Waals surface area contributed by atoms with Gasteiger partial charge in [0, 0.05) is 43.9 Å². The Labute approximate surface area is 215 Å². The van der Waals surface area contributed by atoms with E-state index in [1.807, 2.05) is 43.3 Å². The fourth-order valence-electron chi connectivity index (χ4n) is 4.65. The number of nitrogens with zero attached hydrogens (tertiary/aromatic N) is 5. The summed E-state index contributed by atoms with van der Waals surface area (Å²) in [5.41, 5.74) is 4.16. The van der Waals surface area contributed by atoms with Crippen molar-refractivity contribution in [3.8, 4) is 11.3 Å². The predicted molar refractivity (Wildman–Crippen MR) is 144 cm³/mol. The number of carbonyl (C=O) groups is 1. The van der Waals surface area contributed by atoms with Crippen LogP contribution in [0.1, 0.15) is 36.2 Å². The maximum absolute atomic E-state index is 12.6. The van der Waals surface area contributed by atoms with Crippen molar-refractivity contribution in [1.29, 1.82) is 0 Å². The number of carbonyl (C=O) groups excluding carboxylic acids is 1. The van der Waals surface area contributed by atoms with Gasteiger partial charge in [-0.25, -0.2) is 4.79 Å². The van der Waals surface area contributed by atoms with Crippen LogP contribution in [0, 0.1) is 0 Å². The Morgan fingerprint density at radius 2 is 1.84 bits per heavy atom. The van der Waals surface area contributed by atoms with Crippen molar-refractivity contribution < 1.29 is 9.21 Å². The van der Waals surface area contributed by atoms with E-state index < -0.39 is 5.76 Å². The molecule has 9 nitrogen and oxygen atoms in total. The number of likely N-dealkylation sites (N-methyl/N-ethyl adjacent to an activating group) is 1. The molecule has 5 rings (SSSR count). The first-order chi connectivity index (χ1) is 18.1. The summed E-state index contributed by atoms with van der Waals surface area (Å²) in [6, 6.07) is 17.0. The minimum Gasteiger partial charge on any atom is -0.408 e. The number of rotatable bonds is 8. The van der Waals surface area contributed by atoms with Gasteiger partial charge >= 0.3 is 5.76 Å². The zero-order valence-corrected chi connectivity index (χ0v) is 21.3. The second-order valence-electron chi connectivity index (χ2n) is 9.29. The van der Waals surface area contributed by atoms with E-state index in [0.717, 1.165) is 61.8 Å². The molecule has 192 valence electrons. The van der Waals surface area contributed by atoms with Crippen molar-refractivity contribution >= 4 is 22.8 Å². The fraction of sp³-hybridized carbons (Fsp3) is 0.357. The van der Waals surface area contributed by atoms with Gasteiger partial charge in [0.15, 0.2) is 11.4 Å². The molecule has 4 aromatic rings. The molecule has 0 atom stereocenters. The lowest BCUT2D eigenvalue weighted by Crippen LogP contribution is -2.46. The van der Waals surface area contributed by atoms with Crippen LogP contribution in [-0.2, 0) is 6.54 Å². The van der Waals surface area contributed by atoms with Gasteiger partial charge in [-0.2, -0.15) is 0 Å². The lowest BCUT2D eigenvalue weighted by molar-refractivity contribution is 0.0954. The van der Waals surface area contributed by atoms with Crippen molar-refractivity contribution in [2.45, 2.75) is 26.8 Å². The van der Waals surface area contributed by atoms with Gasteiger partial charge in [-0.05, 0) is 54.9 Å². The maximum Gasteiger partial charge on any atom is 0.420 e. The van der Waals surface area contributed by atoms with Crippen molar-refractivity contribution in [3.63, 3.8) is 0 Å². The normalized spacial score (nSPS) is 14.3. The Hall–Kier alpha value is -3.98. The average molecular weight is 501 g/mol. The molecule has 3 heterocycles. The van der Waals surface area contributed by atoms with Gasteiger partial charge in [0.05, 0.1) is 17.8 Å². The number of nitrogens with one attached hydrogen (secondary N) is 1. The summed E-state index contributed by atoms with van der Waals surface area (Å²) < 4.78 is 6.98. The summed E-state index contributed by atoms with van der Waals surface area (Å²) in [7, 11) is 0. The molecule has 1 fully saturated rings. The van der Waals surface area contributed by atoms with E-state index in [9.17, 15) is 9.59 Å². The van der Waals surface area contributed by atoms with E-state index >= 15 is 0 Å². The second-order valence-corrected chi connectivity index (χ2v) is 9.29. The Morgan fingerprint density at radius 3 is 2.57 bits per heavy atom. The van der Waals surface area contributed by atoms with Crippen LogP contribution in [0.5, 0.6) is 0 Å². The second kappa shape index (κ2) is 11.0. The zero-order valence-electron chi connectivity index (χ0n) is 21.3. The number of oxazole rings is 1. The van der Waals surface area contributed by atoms with Gasteiger partial charge in [0.25, 0.3) is 5.91 Å². The van der Waals surface area contributed by atoms with E-state index in [4.69, 9.17) is 4.42 Å². The summed E-state index contributed by atoms with van der Waals surface area (Å²) in [6.07, 6.45) is 0.851. The van der Waals surface area contributed by atoms with Crippen molar-refractivity contribution in [1.82, 2.24) is 25.0 Å². The molecular weight excluding hydrogens is 468 g/mol. The SMILES string of the molecule is CCCNC(=O)c1ccc2oc(=O)n(Cc3cccc(-c4ccc(N5CCN(CC)CC5)nn4)c3)c2c1. The molecule has 2 aromatic carbocycles. The Bertz CT molecular complexity index is 1430. The Kier molecular flexibility index (Phi) is 7.32. The van der Waals surface area contributed by atoms with E-state index in [2.05, 4.69) is 32.2 Å². The largest absolute Gasteiger partial charge is 0.420 e. The number of benzene rings is 2. The van der Waals surface area contributed by atoms with Gasteiger partial charge in [0.1, 0.15) is 0 Å². The minimum absolute atomic E-state index is 0.166. The fourth-order valence-corrected chi connectivity index (χ4v) is 4.65. The highest BCUT2D eigenvalue weighted by Gasteiger charge is 2.18. The number of amides is 1. The molecule has 1 amide bonds. The molecule has 37 heavy (non-hydrogen) atoms. The van der Waals surface area contributed by atoms with Gasteiger partial charge in [-0.1, -0.05) is 32.0 Å². The summed E-state index contributed by atoms with van der Waals surface area (Å²) in [4.78, 5) is 29.8. The van der Waals surface area contributed by atoms with Crippen LogP contribution in [0.3, 0.4) is 0 Å². The maximum atomic E-state index is 12.6. The van der Waals surface area contributed by atoms with Crippen molar-refractivity contribution in [3.05, 3.63) is 76.3 Å². The summed E-state index contributed by atoms with van der Waals surface area (Å²) in [5.74, 6) is 0.268. The van der Waals surface area contributed by atoms with E-state index in [0.29, 0.717) is 29.8 Å². The minimum atomic E-state index is -0.459. The molecule has 0 radical (unpaired) electrons. The van der Waals surface area contributed by atoms with Crippen LogP contribution < -0.4 is 16.0 Å². The molecule has 0 bridgehead atoms. The quantitative estimate of drug-likeness (QED) is 0.396. The van der Waals surface area contributed by atoms with Crippen molar-refractivity contribution in [2.75, 3.05) is 44.2 Å². The predicted octanol–water partition coefficient (Wildman–Crippen LogP) is 3.38. The third-order valence-corrected chi connectivity index (χ3v) is 6.82. The Balaban J connectivity index is 1.35. The topological polar surface area (TPSA) is 96.5 Å². The van der Waals surface area contributed by atoms with Crippen molar-refractivity contribution in [2.24, 2.45) is 0 Å². The summed E-state index contributed by atoms with van der Waals surface area (Å²) in [6.45, 7) is 10.1. The monoisotopic (exact) mass is 500 g/mol. The zero-order chi connectivity index (χ0) is 25.8. The summed E-state index contributed by atoms with van der Waals surface area (Å²) >= 11 is 0. The molecular formula is C28H32N6O3. The van der Waals surface area contributed by atoms with Gasteiger partial charge < -0.3 is 19.5 Å². The third kappa shape index (κ3) is 5.41. The van der Waals surface area contributed by atoms with Gasteiger partial charge in [0.2, 0.25) is 0 Å². The highest BCUT2D eigenvalue weighted by molar-refractivity contribution is 5.97. The lowest BCUT2D eigenvalue weighted by atomic mass is 10.1. The van der Waals surface area contributed by atoms with E-state index in [1.54, 1.807) is 22.8 Å². The first-order valence-electron chi connectivity index (χ1n) is 12.9. The van der Waals surface area contributed by atoms with Crippen LogP contribution in [-0.4, -0.2) is 64.8 Å². The number of anilines is 1. The number of hydrogen-bond donors (Lipinski definition) is 1. The molecule has 1 N–H and O–H groups in total. The standard InChI is InChI=1S/C28H32N6O3/c1-3-12-29-27(35)22-8-10-25-24(18-22)34(28(36)37-25)19-20-6-5-7-21(17-20)23-9-11-26(31-30-23)33-15-13-32(4-2)14-16-33/h5-11,17-18H,3-4,12-16,19H2,1-2H3,(H,29,35). The van der Waals surface area contributed by atoms with Crippen LogP contribution >= 0.6 is 0 Å². The molecule has 1 saturated heterocycles. The molecule has 1 aliphatic rings. The third-order valence-electron chi connectivity index (χ3n) is 6.82. The molecule has 0 aliphatic carbocycles. The molecule has 9 heteroatoms. The number of hydrogen-bond acceptors (Lipinski definition) is 7.